The van der Waals surface area contributed by atoms with Crippen LogP contribution in [0.15, 0.2) is 41.2 Å². The molecule has 0 aliphatic carbocycles. The van der Waals surface area contributed by atoms with Crippen LogP contribution >= 0.6 is 0 Å². The van der Waals surface area contributed by atoms with Crippen molar-refractivity contribution in [2.45, 2.75) is 13.0 Å². The Bertz CT molecular complexity index is 911. The van der Waals surface area contributed by atoms with Gasteiger partial charge in [0.15, 0.2) is 0 Å². The van der Waals surface area contributed by atoms with Gasteiger partial charge in [-0.25, -0.2) is 14.4 Å². The summed E-state index contributed by atoms with van der Waals surface area (Å²) in [6, 6.07) is 6.10. The summed E-state index contributed by atoms with van der Waals surface area (Å²) >= 11 is 0. The molecule has 28 heavy (non-hydrogen) atoms. The Kier molecular flexibility index (Phi) is 5.54. The standard InChI is InChI=1S/C19H21FN6O2/c1-2-21-16-12-22-15(11-23-16)18-24-19(28-25-18)17(26-6-8-27-9-7-26)13-4-3-5-14(20)10-13/h3-5,10-12,17H,2,6-9H2,1H3,(H,21,23). The third kappa shape index (κ3) is 4.00. The molecular formula is C19H21FN6O2. The fourth-order valence-electron chi connectivity index (χ4n) is 3.19. The Morgan fingerprint density at radius 3 is 2.79 bits per heavy atom. The number of aromatic nitrogens is 4. The van der Waals surface area contributed by atoms with Crippen LogP contribution < -0.4 is 5.32 Å². The van der Waals surface area contributed by atoms with E-state index in [1.165, 1.54) is 12.1 Å². The van der Waals surface area contributed by atoms with Crippen LogP contribution in [0.3, 0.4) is 0 Å². The highest BCUT2D eigenvalue weighted by atomic mass is 19.1. The first-order valence-electron chi connectivity index (χ1n) is 9.21. The minimum Gasteiger partial charge on any atom is -0.379 e. The molecule has 146 valence electrons. The second kappa shape index (κ2) is 8.41. The van der Waals surface area contributed by atoms with E-state index in [2.05, 4.69) is 30.3 Å². The lowest BCUT2D eigenvalue weighted by molar-refractivity contribution is 0.0180. The molecule has 0 spiro atoms. The molecule has 0 bridgehead atoms. The highest BCUT2D eigenvalue weighted by Gasteiger charge is 2.30. The van der Waals surface area contributed by atoms with Crippen molar-refractivity contribution in [2.24, 2.45) is 0 Å². The van der Waals surface area contributed by atoms with Crippen LogP contribution in [0, 0.1) is 5.82 Å². The van der Waals surface area contributed by atoms with Crippen LogP contribution in [-0.2, 0) is 4.74 Å². The maximum Gasteiger partial charge on any atom is 0.248 e. The van der Waals surface area contributed by atoms with Gasteiger partial charge in [-0.3, -0.25) is 4.90 Å². The largest absolute Gasteiger partial charge is 0.379 e. The van der Waals surface area contributed by atoms with Crippen molar-refractivity contribution < 1.29 is 13.7 Å². The van der Waals surface area contributed by atoms with Crippen molar-refractivity contribution in [1.82, 2.24) is 25.0 Å². The van der Waals surface area contributed by atoms with Gasteiger partial charge in [0.1, 0.15) is 23.4 Å². The van der Waals surface area contributed by atoms with Gasteiger partial charge in [0.25, 0.3) is 0 Å². The molecule has 1 atom stereocenters. The minimum absolute atomic E-state index is 0.305. The number of halogens is 1. The van der Waals surface area contributed by atoms with E-state index in [1.54, 1.807) is 18.5 Å². The molecule has 3 heterocycles. The molecule has 1 unspecified atom stereocenters. The summed E-state index contributed by atoms with van der Waals surface area (Å²) in [5.41, 5.74) is 1.27. The van der Waals surface area contributed by atoms with Crippen molar-refractivity contribution in [1.29, 1.82) is 0 Å². The molecule has 1 aliphatic heterocycles. The van der Waals surface area contributed by atoms with E-state index in [4.69, 9.17) is 9.26 Å². The minimum atomic E-state index is -0.352. The van der Waals surface area contributed by atoms with Gasteiger partial charge in [-0.1, -0.05) is 17.3 Å². The predicted molar refractivity (Wildman–Crippen MR) is 100 cm³/mol. The Morgan fingerprint density at radius 2 is 2.07 bits per heavy atom. The summed E-state index contributed by atoms with van der Waals surface area (Å²) in [6.07, 6.45) is 3.22. The van der Waals surface area contributed by atoms with Crippen LogP contribution in [0.2, 0.25) is 0 Å². The Morgan fingerprint density at radius 1 is 1.21 bits per heavy atom. The highest BCUT2D eigenvalue weighted by Crippen LogP contribution is 2.30. The molecule has 1 aliphatic rings. The number of nitrogens with one attached hydrogen (secondary N) is 1. The smallest absolute Gasteiger partial charge is 0.248 e. The van der Waals surface area contributed by atoms with Crippen LogP contribution in [0.4, 0.5) is 10.2 Å². The molecule has 3 aromatic rings. The fraction of sp³-hybridized carbons (Fsp3) is 0.368. The zero-order valence-corrected chi connectivity index (χ0v) is 15.5. The number of hydrogen-bond acceptors (Lipinski definition) is 8. The van der Waals surface area contributed by atoms with Gasteiger partial charge in [0.2, 0.25) is 11.7 Å². The molecule has 1 saturated heterocycles. The van der Waals surface area contributed by atoms with E-state index in [1.807, 2.05) is 13.0 Å². The number of rotatable bonds is 6. The normalized spacial score (nSPS) is 16.1. The highest BCUT2D eigenvalue weighted by molar-refractivity contribution is 5.48. The van der Waals surface area contributed by atoms with Crippen molar-refractivity contribution in [3.05, 3.63) is 53.9 Å². The molecule has 0 amide bonds. The number of benzene rings is 1. The molecular weight excluding hydrogens is 363 g/mol. The summed E-state index contributed by atoms with van der Waals surface area (Å²) in [7, 11) is 0. The second-order valence-electron chi connectivity index (χ2n) is 6.38. The van der Waals surface area contributed by atoms with Crippen LogP contribution in [0.5, 0.6) is 0 Å². The van der Waals surface area contributed by atoms with Crippen molar-refractivity contribution in [2.75, 3.05) is 38.2 Å². The van der Waals surface area contributed by atoms with E-state index in [-0.39, 0.29) is 11.9 Å². The molecule has 0 radical (unpaired) electrons. The third-order valence-electron chi connectivity index (χ3n) is 4.49. The molecule has 1 fully saturated rings. The van der Waals surface area contributed by atoms with E-state index >= 15 is 0 Å². The molecule has 2 aromatic heterocycles. The first-order valence-corrected chi connectivity index (χ1v) is 9.21. The quantitative estimate of drug-likeness (QED) is 0.694. The topological polar surface area (TPSA) is 89.2 Å². The molecule has 0 saturated carbocycles. The van der Waals surface area contributed by atoms with Gasteiger partial charge in [0.05, 0.1) is 25.6 Å². The van der Waals surface area contributed by atoms with Gasteiger partial charge in [-0.2, -0.15) is 4.98 Å². The monoisotopic (exact) mass is 384 g/mol. The lowest BCUT2D eigenvalue weighted by Crippen LogP contribution is -2.39. The Balaban J connectivity index is 1.65. The van der Waals surface area contributed by atoms with E-state index < -0.39 is 0 Å². The zero-order valence-electron chi connectivity index (χ0n) is 15.5. The second-order valence-corrected chi connectivity index (χ2v) is 6.38. The van der Waals surface area contributed by atoms with Gasteiger partial charge >= 0.3 is 0 Å². The van der Waals surface area contributed by atoms with Gasteiger partial charge in [-0.05, 0) is 24.6 Å². The Labute approximate surface area is 161 Å². The zero-order chi connectivity index (χ0) is 19.3. The van der Waals surface area contributed by atoms with Crippen molar-refractivity contribution in [3.63, 3.8) is 0 Å². The van der Waals surface area contributed by atoms with Crippen LogP contribution in [0.25, 0.3) is 11.5 Å². The number of ether oxygens (including phenoxy) is 1. The molecule has 8 nitrogen and oxygen atoms in total. The summed E-state index contributed by atoms with van der Waals surface area (Å²) in [6.45, 7) is 5.33. The maximum atomic E-state index is 13.8. The van der Waals surface area contributed by atoms with Crippen molar-refractivity contribution >= 4 is 5.82 Å². The molecule has 1 N–H and O–H groups in total. The summed E-state index contributed by atoms with van der Waals surface area (Å²) in [5, 5.41) is 7.15. The molecule has 9 heteroatoms. The lowest BCUT2D eigenvalue weighted by atomic mass is 10.0. The van der Waals surface area contributed by atoms with Crippen LogP contribution in [-0.4, -0.2) is 57.9 Å². The predicted octanol–water partition coefficient (Wildman–Crippen LogP) is 2.52. The fourth-order valence-corrected chi connectivity index (χ4v) is 3.19. The summed E-state index contributed by atoms with van der Waals surface area (Å²) in [5.74, 6) is 1.11. The molecule has 4 rings (SSSR count). The first kappa shape index (κ1) is 18.5. The van der Waals surface area contributed by atoms with Gasteiger partial charge < -0.3 is 14.6 Å². The number of morpholine rings is 1. The average molecular weight is 384 g/mol. The Hall–Kier alpha value is -2.91. The summed E-state index contributed by atoms with van der Waals surface area (Å²) in [4.78, 5) is 15.3. The van der Waals surface area contributed by atoms with Crippen molar-refractivity contribution in [3.8, 4) is 11.5 Å². The van der Waals surface area contributed by atoms with E-state index in [9.17, 15) is 4.39 Å². The lowest BCUT2D eigenvalue weighted by Gasteiger charge is -2.32. The first-order chi connectivity index (χ1) is 13.7. The van der Waals surface area contributed by atoms with Gasteiger partial charge in [0, 0.05) is 19.6 Å². The summed E-state index contributed by atoms with van der Waals surface area (Å²) < 4.78 is 24.8. The third-order valence-corrected chi connectivity index (χ3v) is 4.49. The SMILES string of the molecule is CCNc1cnc(-c2noc(C(c3cccc(F)c3)N3CCOCC3)n2)cn1. The molecule has 1 aromatic carbocycles. The number of hydrogen-bond donors (Lipinski definition) is 1. The van der Waals surface area contributed by atoms with E-state index in [0.29, 0.717) is 49.5 Å². The van der Waals surface area contributed by atoms with E-state index in [0.717, 1.165) is 12.1 Å². The number of anilines is 1. The maximum absolute atomic E-state index is 13.8. The van der Waals surface area contributed by atoms with Crippen LogP contribution in [0.1, 0.15) is 24.4 Å². The van der Waals surface area contributed by atoms with Gasteiger partial charge in [-0.15, -0.1) is 0 Å². The average Bonchev–Trinajstić information content (AvgIpc) is 3.20. The number of nitrogens with zero attached hydrogens (tertiary/aromatic N) is 5.